The highest BCUT2D eigenvalue weighted by Gasteiger charge is 2.11. The summed E-state index contributed by atoms with van der Waals surface area (Å²) in [5, 5.41) is 7.39. The van der Waals surface area contributed by atoms with Crippen molar-refractivity contribution in [1.82, 2.24) is 20.4 Å². The van der Waals surface area contributed by atoms with Gasteiger partial charge in [0.15, 0.2) is 0 Å². The quantitative estimate of drug-likeness (QED) is 0.406. The molecule has 4 rings (SSSR count). The van der Waals surface area contributed by atoms with E-state index in [4.69, 9.17) is 20.9 Å². The van der Waals surface area contributed by atoms with Gasteiger partial charge in [-0.05, 0) is 60.2 Å². The van der Waals surface area contributed by atoms with Crippen molar-refractivity contribution < 1.29 is 18.4 Å². The normalized spacial score (nSPS) is 10.7. The summed E-state index contributed by atoms with van der Waals surface area (Å²) in [6.07, 6.45) is 2.10. The number of nitrogens with one attached hydrogen (secondary N) is 1. The second kappa shape index (κ2) is 10.0. The minimum Gasteiger partial charge on any atom is -0.439 e. The number of carbonyl (C=O) groups excluding carboxylic acids is 1. The SMILES string of the molecule is O=C(CCc1nc(-c2ccc(Cl)cc2)no1)NCc1ccnc(Oc2ccc(F)cc2)c1. The van der Waals surface area contributed by atoms with Gasteiger partial charge in [0.1, 0.15) is 11.6 Å². The van der Waals surface area contributed by atoms with Crippen molar-refractivity contribution in [1.29, 1.82) is 0 Å². The Balaban J connectivity index is 1.26. The molecule has 0 bridgehead atoms. The van der Waals surface area contributed by atoms with Gasteiger partial charge in [-0.15, -0.1) is 0 Å². The third-order valence-electron chi connectivity index (χ3n) is 4.46. The van der Waals surface area contributed by atoms with Crippen LogP contribution in [0.2, 0.25) is 5.02 Å². The standard InChI is InChI=1S/C23H18ClFN4O3/c24-17-3-1-16(2-4-17)23-28-21(32-29-23)10-9-20(30)27-14-15-11-12-26-22(13-15)31-19-7-5-18(25)6-8-19/h1-8,11-13H,9-10,14H2,(H,27,30). The Hall–Kier alpha value is -3.78. The van der Waals surface area contributed by atoms with Crippen LogP contribution in [-0.4, -0.2) is 21.0 Å². The summed E-state index contributed by atoms with van der Waals surface area (Å²) in [6, 6.07) is 16.2. The molecule has 4 aromatic rings. The fourth-order valence-electron chi connectivity index (χ4n) is 2.82. The van der Waals surface area contributed by atoms with E-state index in [1.54, 1.807) is 42.6 Å². The Bertz CT molecular complexity index is 1200. The Morgan fingerprint density at radius 1 is 1.09 bits per heavy atom. The Morgan fingerprint density at radius 3 is 2.66 bits per heavy atom. The van der Waals surface area contributed by atoms with Gasteiger partial charge in [0.05, 0.1) is 0 Å². The minimum atomic E-state index is -0.344. The fourth-order valence-corrected chi connectivity index (χ4v) is 2.95. The van der Waals surface area contributed by atoms with E-state index in [1.807, 2.05) is 0 Å². The number of nitrogens with zero attached hydrogens (tertiary/aromatic N) is 3. The fraction of sp³-hybridized carbons (Fsp3) is 0.130. The number of benzene rings is 2. The number of pyridine rings is 1. The molecule has 0 spiro atoms. The number of aromatic nitrogens is 3. The zero-order chi connectivity index (χ0) is 22.3. The summed E-state index contributed by atoms with van der Waals surface area (Å²) >= 11 is 5.88. The molecule has 2 heterocycles. The number of ether oxygens (including phenoxy) is 1. The van der Waals surface area contributed by atoms with E-state index >= 15 is 0 Å². The van der Waals surface area contributed by atoms with Gasteiger partial charge in [0.2, 0.25) is 23.5 Å². The van der Waals surface area contributed by atoms with E-state index in [9.17, 15) is 9.18 Å². The summed E-state index contributed by atoms with van der Waals surface area (Å²) in [7, 11) is 0. The van der Waals surface area contributed by atoms with Gasteiger partial charge in [-0.3, -0.25) is 4.79 Å². The van der Waals surface area contributed by atoms with Crippen molar-refractivity contribution in [2.45, 2.75) is 19.4 Å². The molecule has 0 aliphatic heterocycles. The van der Waals surface area contributed by atoms with E-state index in [2.05, 4.69) is 20.4 Å². The number of aryl methyl sites for hydroxylation is 1. The molecule has 9 heteroatoms. The van der Waals surface area contributed by atoms with Gasteiger partial charge >= 0.3 is 0 Å². The smallest absolute Gasteiger partial charge is 0.227 e. The molecule has 7 nitrogen and oxygen atoms in total. The average molecular weight is 453 g/mol. The number of amides is 1. The summed E-state index contributed by atoms with van der Waals surface area (Å²) in [5.74, 6) is 1.14. The first-order valence-electron chi connectivity index (χ1n) is 9.79. The second-order valence-corrected chi connectivity index (χ2v) is 7.29. The van der Waals surface area contributed by atoms with Crippen LogP contribution in [-0.2, 0) is 17.8 Å². The first kappa shape index (κ1) is 21.5. The highest BCUT2D eigenvalue weighted by molar-refractivity contribution is 6.30. The molecule has 2 aromatic heterocycles. The third-order valence-corrected chi connectivity index (χ3v) is 4.71. The molecule has 0 saturated carbocycles. The van der Waals surface area contributed by atoms with Gasteiger partial charge in [-0.2, -0.15) is 4.98 Å². The number of carbonyl (C=O) groups is 1. The summed E-state index contributed by atoms with van der Waals surface area (Å²) in [5.41, 5.74) is 1.60. The topological polar surface area (TPSA) is 90.1 Å². The highest BCUT2D eigenvalue weighted by atomic mass is 35.5. The van der Waals surface area contributed by atoms with E-state index in [0.29, 0.717) is 41.3 Å². The lowest BCUT2D eigenvalue weighted by atomic mass is 10.2. The molecule has 0 fully saturated rings. The predicted octanol–water partition coefficient (Wildman–Crippen LogP) is 4.97. The molecular weight excluding hydrogens is 435 g/mol. The van der Waals surface area contributed by atoms with E-state index < -0.39 is 0 Å². The van der Waals surface area contributed by atoms with Gasteiger partial charge in [0, 0.05) is 42.2 Å². The van der Waals surface area contributed by atoms with Gasteiger partial charge in [-0.1, -0.05) is 16.8 Å². The Labute approximate surface area is 188 Å². The largest absolute Gasteiger partial charge is 0.439 e. The van der Waals surface area contributed by atoms with Crippen LogP contribution in [0, 0.1) is 5.82 Å². The highest BCUT2D eigenvalue weighted by Crippen LogP contribution is 2.21. The Morgan fingerprint density at radius 2 is 1.88 bits per heavy atom. The molecule has 0 unspecified atom stereocenters. The van der Waals surface area contributed by atoms with Crippen molar-refractivity contribution >= 4 is 17.5 Å². The molecule has 162 valence electrons. The number of hydrogen-bond acceptors (Lipinski definition) is 6. The zero-order valence-corrected chi connectivity index (χ0v) is 17.6. The lowest BCUT2D eigenvalue weighted by Gasteiger charge is -2.08. The molecular formula is C23H18ClFN4O3. The zero-order valence-electron chi connectivity index (χ0n) is 16.8. The number of rotatable bonds is 8. The second-order valence-electron chi connectivity index (χ2n) is 6.85. The number of hydrogen-bond donors (Lipinski definition) is 1. The third kappa shape index (κ3) is 5.89. The van der Waals surface area contributed by atoms with E-state index in [-0.39, 0.29) is 18.1 Å². The van der Waals surface area contributed by atoms with Crippen molar-refractivity contribution in [2.75, 3.05) is 0 Å². The summed E-state index contributed by atoms with van der Waals surface area (Å²) in [4.78, 5) is 20.7. The monoisotopic (exact) mass is 452 g/mol. The van der Waals surface area contributed by atoms with E-state index in [0.717, 1.165) is 11.1 Å². The molecule has 0 saturated heterocycles. The van der Waals surface area contributed by atoms with Gasteiger partial charge < -0.3 is 14.6 Å². The molecule has 0 aliphatic rings. The van der Waals surface area contributed by atoms with Gasteiger partial charge in [-0.25, -0.2) is 9.37 Å². The molecule has 0 radical (unpaired) electrons. The summed E-state index contributed by atoms with van der Waals surface area (Å²) in [6.45, 7) is 0.307. The van der Waals surface area contributed by atoms with Crippen LogP contribution < -0.4 is 10.1 Å². The van der Waals surface area contributed by atoms with Crippen LogP contribution in [0.3, 0.4) is 0 Å². The lowest BCUT2D eigenvalue weighted by Crippen LogP contribution is -2.23. The molecule has 0 aliphatic carbocycles. The maximum atomic E-state index is 13.0. The minimum absolute atomic E-state index is 0.158. The molecule has 32 heavy (non-hydrogen) atoms. The first-order chi connectivity index (χ1) is 15.5. The van der Waals surface area contributed by atoms with Crippen LogP contribution in [0.25, 0.3) is 11.4 Å². The molecule has 0 atom stereocenters. The predicted molar refractivity (Wildman–Crippen MR) is 116 cm³/mol. The molecule has 1 amide bonds. The summed E-state index contributed by atoms with van der Waals surface area (Å²) < 4.78 is 23.8. The van der Waals surface area contributed by atoms with Crippen molar-refractivity contribution in [3.05, 3.63) is 89.2 Å². The number of halogens is 2. The van der Waals surface area contributed by atoms with Crippen molar-refractivity contribution in [3.63, 3.8) is 0 Å². The van der Waals surface area contributed by atoms with Crippen LogP contribution in [0.4, 0.5) is 4.39 Å². The maximum absolute atomic E-state index is 13.0. The van der Waals surface area contributed by atoms with Gasteiger partial charge in [0.25, 0.3) is 0 Å². The van der Waals surface area contributed by atoms with Crippen LogP contribution >= 0.6 is 11.6 Å². The first-order valence-corrected chi connectivity index (χ1v) is 10.2. The van der Waals surface area contributed by atoms with Crippen molar-refractivity contribution in [3.8, 4) is 23.0 Å². The van der Waals surface area contributed by atoms with Crippen molar-refractivity contribution in [2.24, 2.45) is 0 Å². The van der Waals surface area contributed by atoms with Crippen LogP contribution in [0.1, 0.15) is 17.9 Å². The maximum Gasteiger partial charge on any atom is 0.227 e. The lowest BCUT2D eigenvalue weighted by molar-refractivity contribution is -0.121. The Kier molecular flexibility index (Phi) is 6.72. The van der Waals surface area contributed by atoms with Crippen LogP contribution in [0.15, 0.2) is 71.4 Å². The van der Waals surface area contributed by atoms with Crippen LogP contribution in [0.5, 0.6) is 11.6 Å². The molecule has 1 N–H and O–H groups in total. The van der Waals surface area contributed by atoms with E-state index in [1.165, 1.54) is 24.3 Å². The average Bonchev–Trinajstić information content (AvgIpc) is 3.28. The molecule has 2 aromatic carbocycles.